The number of hydrogen-bond donors (Lipinski definition) is 2. The predicted octanol–water partition coefficient (Wildman–Crippen LogP) is 0.778. The monoisotopic (exact) mass is 337 g/mol. The maximum absolute atomic E-state index is 10.9. The normalized spacial score (nSPS) is 21.3. The summed E-state index contributed by atoms with van der Waals surface area (Å²) in [4.78, 5) is 11.8. The Labute approximate surface area is 137 Å². The van der Waals surface area contributed by atoms with Crippen molar-refractivity contribution in [2.75, 3.05) is 13.1 Å². The van der Waals surface area contributed by atoms with Crippen LogP contribution in [0.2, 0.25) is 0 Å². The van der Waals surface area contributed by atoms with Gasteiger partial charge in [-0.3, -0.25) is 10.1 Å². The Balaban J connectivity index is 1.82. The Morgan fingerprint density at radius 2 is 2.39 bits per heavy atom. The highest BCUT2D eigenvalue weighted by molar-refractivity contribution is 7.71. The van der Waals surface area contributed by atoms with Crippen LogP contribution < -0.4 is 4.90 Å². The lowest BCUT2D eigenvalue weighted by Crippen LogP contribution is -3.13. The van der Waals surface area contributed by atoms with Crippen LogP contribution in [0.5, 0.6) is 0 Å². The van der Waals surface area contributed by atoms with Gasteiger partial charge in [0.15, 0.2) is 6.67 Å². The van der Waals surface area contributed by atoms with Crippen molar-refractivity contribution in [2.24, 2.45) is 0 Å². The molecule has 0 spiro atoms. The van der Waals surface area contributed by atoms with Crippen LogP contribution in [0, 0.1) is 15.0 Å². The maximum Gasteiger partial charge on any atom is 0.292 e. The van der Waals surface area contributed by atoms with E-state index >= 15 is 0 Å². The number of nitrogens with zero attached hydrogens (tertiary/aromatic N) is 3. The Morgan fingerprint density at radius 3 is 3.13 bits per heavy atom. The predicted molar refractivity (Wildman–Crippen MR) is 83.4 cm³/mol. The third-order valence-corrected chi connectivity index (χ3v) is 4.17. The molecule has 0 saturated carbocycles. The van der Waals surface area contributed by atoms with Gasteiger partial charge in [0.25, 0.3) is 10.5 Å². The van der Waals surface area contributed by atoms with Crippen molar-refractivity contribution < 1.29 is 19.3 Å². The van der Waals surface area contributed by atoms with Gasteiger partial charge in [0.2, 0.25) is 5.89 Å². The number of aliphatic hydroxyl groups excluding tert-OH is 1. The number of aromatic nitrogens is 2. The number of benzene rings is 1. The third kappa shape index (κ3) is 3.63. The Kier molecular flexibility index (Phi) is 4.51. The fourth-order valence-corrected chi connectivity index (χ4v) is 2.94. The highest BCUT2D eigenvalue weighted by Crippen LogP contribution is 2.22. The molecule has 1 unspecified atom stereocenters. The van der Waals surface area contributed by atoms with E-state index in [1.807, 2.05) is 0 Å². The van der Waals surface area contributed by atoms with E-state index in [-0.39, 0.29) is 22.5 Å². The molecule has 3 rings (SSSR count). The van der Waals surface area contributed by atoms with Crippen LogP contribution in [0.3, 0.4) is 0 Å². The molecule has 9 heteroatoms. The molecule has 1 aliphatic heterocycles. The first-order valence-corrected chi connectivity index (χ1v) is 7.78. The van der Waals surface area contributed by atoms with Crippen molar-refractivity contribution in [2.45, 2.75) is 25.6 Å². The Bertz CT molecular complexity index is 772. The molecule has 0 bridgehead atoms. The summed E-state index contributed by atoms with van der Waals surface area (Å²) in [6.07, 6.45) is 1.49. The van der Waals surface area contributed by atoms with E-state index in [0.717, 1.165) is 19.4 Å². The zero-order valence-electron chi connectivity index (χ0n) is 12.3. The Hall–Kier alpha value is -2.10. The lowest BCUT2D eigenvalue weighted by Gasteiger charge is -2.26. The first-order chi connectivity index (χ1) is 11.0. The minimum atomic E-state index is -0.464. The van der Waals surface area contributed by atoms with Crippen LogP contribution in [-0.2, 0) is 6.67 Å². The third-order valence-electron chi connectivity index (χ3n) is 3.88. The average molecular weight is 337 g/mol. The molecule has 23 heavy (non-hydrogen) atoms. The van der Waals surface area contributed by atoms with Crippen LogP contribution in [0.1, 0.15) is 12.8 Å². The van der Waals surface area contributed by atoms with Crippen molar-refractivity contribution in [1.29, 1.82) is 0 Å². The zero-order valence-corrected chi connectivity index (χ0v) is 13.2. The number of rotatable bonds is 4. The standard InChI is InChI=1S/C14H16N4O4S/c19-12-5-2-6-16(8-12)9-17-14(23)22-13(15-17)10-3-1-4-11(7-10)18(20)21/h1,3-4,7,12,19H,2,5-6,8-9H2/p+1/t12-/m1/s1. The van der Waals surface area contributed by atoms with E-state index in [1.165, 1.54) is 17.0 Å². The number of nitro benzene ring substituents is 1. The van der Waals surface area contributed by atoms with Crippen molar-refractivity contribution in [3.05, 3.63) is 39.2 Å². The van der Waals surface area contributed by atoms with Gasteiger partial charge in [-0.15, -0.1) is 5.10 Å². The highest BCUT2D eigenvalue weighted by atomic mass is 32.1. The molecule has 0 aliphatic carbocycles. The summed E-state index contributed by atoms with van der Waals surface area (Å²) < 4.78 is 7.04. The number of hydrogen-bond acceptors (Lipinski definition) is 6. The largest absolute Gasteiger partial charge is 0.409 e. The van der Waals surface area contributed by atoms with Crippen LogP contribution in [0.15, 0.2) is 28.7 Å². The van der Waals surface area contributed by atoms with E-state index in [1.54, 1.807) is 16.8 Å². The molecular formula is C14H17N4O4S+. The van der Waals surface area contributed by atoms with E-state index in [4.69, 9.17) is 16.6 Å². The van der Waals surface area contributed by atoms with E-state index in [0.29, 0.717) is 18.8 Å². The number of aliphatic hydroxyl groups is 1. The quantitative estimate of drug-likeness (QED) is 0.486. The van der Waals surface area contributed by atoms with Gasteiger partial charge in [-0.25, -0.2) is 0 Å². The summed E-state index contributed by atoms with van der Waals surface area (Å²) in [7, 11) is 0. The number of likely N-dealkylation sites (tertiary alicyclic amines) is 1. The van der Waals surface area contributed by atoms with Gasteiger partial charge < -0.3 is 14.4 Å². The minimum Gasteiger partial charge on any atom is -0.409 e. The molecule has 1 fully saturated rings. The molecule has 1 saturated heterocycles. The molecule has 2 aromatic rings. The number of quaternary nitrogens is 1. The van der Waals surface area contributed by atoms with Crippen molar-refractivity contribution >= 4 is 17.9 Å². The molecule has 2 atom stereocenters. The molecule has 8 nitrogen and oxygen atoms in total. The smallest absolute Gasteiger partial charge is 0.292 e. The van der Waals surface area contributed by atoms with E-state index in [9.17, 15) is 15.2 Å². The lowest BCUT2D eigenvalue weighted by molar-refractivity contribution is -0.931. The van der Waals surface area contributed by atoms with Gasteiger partial charge in [-0.05, 0) is 31.1 Å². The fraction of sp³-hybridized carbons (Fsp3) is 0.429. The summed E-state index contributed by atoms with van der Waals surface area (Å²) in [5.74, 6) is 0.260. The van der Waals surface area contributed by atoms with Crippen LogP contribution >= 0.6 is 12.2 Å². The SMILES string of the molecule is O=[N+]([O-])c1cccc(-c2nn(C[NH+]3CCC[C@@H](O)C3)c(=S)o2)c1. The molecule has 0 amide bonds. The fourth-order valence-electron chi connectivity index (χ4n) is 2.76. The van der Waals surface area contributed by atoms with Gasteiger partial charge in [0.05, 0.1) is 11.5 Å². The van der Waals surface area contributed by atoms with Crippen molar-refractivity contribution in [3.8, 4) is 11.5 Å². The summed E-state index contributed by atoms with van der Waals surface area (Å²) in [6.45, 7) is 2.10. The average Bonchev–Trinajstić information content (AvgIpc) is 2.88. The topological polar surface area (TPSA) is 98.8 Å². The summed E-state index contributed by atoms with van der Waals surface area (Å²) >= 11 is 5.18. The first-order valence-electron chi connectivity index (χ1n) is 7.37. The summed E-state index contributed by atoms with van der Waals surface area (Å²) in [5.41, 5.74) is 0.487. The second kappa shape index (κ2) is 6.57. The van der Waals surface area contributed by atoms with E-state index < -0.39 is 4.92 Å². The van der Waals surface area contributed by atoms with Crippen LogP contribution in [0.4, 0.5) is 5.69 Å². The van der Waals surface area contributed by atoms with Crippen molar-refractivity contribution in [3.63, 3.8) is 0 Å². The second-order valence-electron chi connectivity index (χ2n) is 5.64. The Morgan fingerprint density at radius 1 is 1.57 bits per heavy atom. The maximum atomic E-state index is 10.9. The van der Waals surface area contributed by atoms with Crippen molar-refractivity contribution in [1.82, 2.24) is 9.78 Å². The van der Waals surface area contributed by atoms with Gasteiger partial charge in [0.1, 0.15) is 12.6 Å². The zero-order chi connectivity index (χ0) is 16.4. The first kappa shape index (κ1) is 15.8. The molecule has 1 aliphatic rings. The number of nitrogens with one attached hydrogen (secondary N) is 1. The molecule has 2 N–H and O–H groups in total. The number of non-ortho nitro benzene ring substituents is 1. The molecule has 122 valence electrons. The number of piperidine rings is 1. The van der Waals surface area contributed by atoms with E-state index in [2.05, 4.69) is 5.10 Å². The molecule has 1 aromatic heterocycles. The second-order valence-corrected chi connectivity index (χ2v) is 5.99. The van der Waals surface area contributed by atoms with Gasteiger partial charge in [-0.1, -0.05) is 6.07 Å². The lowest BCUT2D eigenvalue weighted by atomic mass is 10.1. The van der Waals surface area contributed by atoms with Gasteiger partial charge >= 0.3 is 0 Å². The molecule has 1 aromatic carbocycles. The van der Waals surface area contributed by atoms with Crippen LogP contribution in [-0.4, -0.2) is 39.0 Å². The highest BCUT2D eigenvalue weighted by Gasteiger charge is 2.22. The van der Waals surface area contributed by atoms with Crippen LogP contribution in [0.25, 0.3) is 11.5 Å². The molecule has 0 radical (unpaired) electrons. The van der Waals surface area contributed by atoms with Gasteiger partial charge in [0, 0.05) is 17.7 Å². The van der Waals surface area contributed by atoms with Gasteiger partial charge in [-0.2, -0.15) is 4.68 Å². The molecule has 2 heterocycles. The minimum absolute atomic E-state index is 0.0250. The summed E-state index contributed by atoms with van der Waals surface area (Å²) in [6, 6.07) is 6.09. The summed E-state index contributed by atoms with van der Waals surface area (Å²) in [5, 5.41) is 24.9. The molecular weight excluding hydrogens is 320 g/mol. The number of nitro groups is 1.